The van der Waals surface area contributed by atoms with Crippen molar-refractivity contribution in [2.45, 2.75) is 9.96 Å². The Morgan fingerprint density at radius 3 is 2.22 bits per heavy atom. The van der Waals surface area contributed by atoms with Gasteiger partial charge in [-0.3, -0.25) is 4.79 Å². The third-order valence-corrected chi connectivity index (χ3v) is 4.34. The smallest absolute Gasteiger partial charge is 0.245 e. The second-order valence-corrected chi connectivity index (χ2v) is 8.55. The van der Waals surface area contributed by atoms with Crippen LogP contribution in [0.15, 0.2) is 60.7 Å². The number of halogens is 4. The number of amides is 1. The van der Waals surface area contributed by atoms with Gasteiger partial charge in [-0.15, -0.1) is 0 Å². The third kappa shape index (κ3) is 7.95. The van der Waals surface area contributed by atoms with E-state index in [0.29, 0.717) is 10.7 Å². The summed E-state index contributed by atoms with van der Waals surface area (Å²) in [7, 11) is 0. The molecule has 2 aromatic rings. The second-order valence-electron chi connectivity index (χ2n) is 5.33. The molecule has 27 heavy (non-hydrogen) atoms. The van der Waals surface area contributed by atoms with E-state index in [2.05, 4.69) is 16.0 Å². The van der Waals surface area contributed by atoms with Gasteiger partial charge in [-0.25, -0.2) is 0 Å². The lowest BCUT2D eigenvalue weighted by molar-refractivity contribution is -0.117. The van der Waals surface area contributed by atoms with Gasteiger partial charge in [-0.2, -0.15) is 0 Å². The average molecular weight is 463 g/mol. The standard InChI is InChI=1S/C18H15Cl4N3OS/c19-13-7-9-14(10-8-13)23-17(27)25-16(18(20,21)22)24-15(26)11-6-12-4-2-1-3-5-12/h1-11,16H,(H,24,26)(H2,23,25,27)/b11-6-/t16-/m1/s1. The molecule has 3 N–H and O–H groups in total. The van der Waals surface area contributed by atoms with Crippen molar-refractivity contribution in [2.24, 2.45) is 0 Å². The van der Waals surface area contributed by atoms with Crippen LogP contribution in [0.2, 0.25) is 5.02 Å². The maximum Gasteiger partial charge on any atom is 0.245 e. The molecule has 0 aliphatic heterocycles. The summed E-state index contributed by atoms with van der Waals surface area (Å²) in [6.07, 6.45) is 1.94. The van der Waals surface area contributed by atoms with Crippen molar-refractivity contribution in [2.75, 3.05) is 5.32 Å². The number of anilines is 1. The van der Waals surface area contributed by atoms with Gasteiger partial charge in [0.25, 0.3) is 0 Å². The van der Waals surface area contributed by atoms with Crippen LogP contribution in [0.3, 0.4) is 0 Å². The summed E-state index contributed by atoms with van der Waals surface area (Å²) in [5, 5.41) is 9.03. The number of carbonyl (C=O) groups is 1. The molecular formula is C18H15Cl4N3OS. The van der Waals surface area contributed by atoms with Crippen molar-refractivity contribution >= 4 is 81.4 Å². The highest BCUT2D eigenvalue weighted by molar-refractivity contribution is 7.80. The molecule has 0 spiro atoms. The zero-order chi connectivity index (χ0) is 19.9. The van der Waals surface area contributed by atoms with E-state index in [4.69, 9.17) is 58.6 Å². The SMILES string of the molecule is O=C(/C=C\c1ccccc1)N[C@H](NC(=S)Nc1ccc(Cl)cc1)C(Cl)(Cl)Cl. The summed E-state index contributed by atoms with van der Waals surface area (Å²) in [6, 6.07) is 16.2. The van der Waals surface area contributed by atoms with E-state index in [1.165, 1.54) is 6.08 Å². The fraction of sp³-hybridized carbons (Fsp3) is 0.111. The molecule has 0 heterocycles. The van der Waals surface area contributed by atoms with Gasteiger partial charge in [0.2, 0.25) is 9.70 Å². The van der Waals surface area contributed by atoms with Gasteiger partial charge in [0.15, 0.2) is 5.11 Å². The van der Waals surface area contributed by atoms with Gasteiger partial charge in [0.1, 0.15) is 6.17 Å². The molecular weight excluding hydrogens is 448 g/mol. The number of alkyl halides is 3. The Kier molecular flexibility index (Phi) is 8.20. The highest BCUT2D eigenvalue weighted by Crippen LogP contribution is 2.29. The number of hydrogen-bond acceptors (Lipinski definition) is 2. The van der Waals surface area contributed by atoms with E-state index in [9.17, 15) is 4.79 Å². The van der Waals surface area contributed by atoms with Crippen LogP contribution in [-0.4, -0.2) is 21.0 Å². The van der Waals surface area contributed by atoms with Crippen molar-refractivity contribution in [1.82, 2.24) is 10.6 Å². The van der Waals surface area contributed by atoms with Crippen LogP contribution >= 0.6 is 58.6 Å². The van der Waals surface area contributed by atoms with E-state index in [1.54, 1.807) is 30.3 Å². The molecule has 0 radical (unpaired) electrons. The number of hydrogen-bond donors (Lipinski definition) is 3. The summed E-state index contributed by atoms with van der Waals surface area (Å²) in [6.45, 7) is 0. The molecule has 0 saturated heterocycles. The van der Waals surface area contributed by atoms with Crippen LogP contribution in [0.1, 0.15) is 5.56 Å². The lowest BCUT2D eigenvalue weighted by atomic mass is 10.2. The number of carbonyl (C=O) groups excluding carboxylic acids is 1. The maximum atomic E-state index is 12.2. The number of benzene rings is 2. The van der Waals surface area contributed by atoms with Gasteiger partial charge in [0.05, 0.1) is 0 Å². The Hall–Kier alpha value is -1.50. The topological polar surface area (TPSA) is 53.2 Å². The van der Waals surface area contributed by atoms with Gasteiger partial charge in [0, 0.05) is 16.8 Å². The first-order valence-corrected chi connectivity index (χ1v) is 9.59. The van der Waals surface area contributed by atoms with Crippen molar-refractivity contribution in [3.63, 3.8) is 0 Å². The summed E-state index contributed by atoms with van der Waals surface area (Å²) in [4.78, 5) is 12.2. The predicted molar refractivity (Wildman–Crippen MR) is 119 cm³/mol. The number of rotatable bonds is 5. The van der Waals surface area contributed by atoms with Crippen LogP contribution in [0.5, 0.6) is 0 Å². The molecule has 0 saturated carbocycles. The Morgan fingerprint density at radius 1 is 1.00 bits per heavy atom. The van der Waals surface area contributed by atoms with Gasteiger partial charge >= 0.3 is 0 Å². The van der Waals surface area contributed by atoms with Crippen LogP contribution in [0.4, 0.5) is 5.69 Å². The molecule has 0 aliphatic carbocycles. The quantitative estimate of drug-likeness (QED) is 0.249. The number of thiocarbonyl (C=S) groups is 1. The lowest BCUT2D eigenvalue weighted by Gasteiger charge is -2.27. The Bertz CT molecular complexity index is 808. The third-order valence-electron chi connectivity index (χ3n) is 3.22. The molecule has 0 fully saturated rings. The molecule has 0 aliphatic rings. The maximum absolute atomic E-state index is 12.2. The predicted octanol–water partition coefficient (Wildman–Crippen LogP) is 5.15. The summed E-state index contributed by atoms with van der Waals surface area (Å²) in [5.74, 6) is -0.447. The van der Waals surface area contributed by atoms with Crippen molar-refractivity contribution in [3.05, 3.63) is 71.3 Å². The highest BCUT2D eigenvalue weighted by Gasteiger charge is 2.34. The summed E-state index contributed by atoms with van der Waals surface area (Å²) in [5.41, 5.74) is 1.56. The fourth-order valence-electron chi connectivity index (χ4n) is 1.96. The molecule has 1 amide bonds. The van der Waals surface area contributed by atoms with Crippen molar-refractivity contribution < 1.29 is 4.79 Å². The monoisotopic (exact) mass is 461 g/mol. The van der Waals surface area contributed by atoms with E-state index in [1.807, 2.05) is 30.3 Å². The molecule has 0 unspecified atom stereocenters. The Morgan fingerprint density at radius 2 is 1.63 bits per heavy atom. The second kappa shape index (κ2) is 10.2. The molecule has 2 aromatic carbocycles. The normalized spacial score (nSPS) is 12.4. The van der Waals surface area contributed by atoms with Gasteiger partial charge in [-0.1, -0.05) is 76.7 Å². The fourth-order valence-corrected chi connectivity index (χ4v) is 2.65. The van der Waals surface area contributed by atoms with Crippen molar-refractivity contribution in [3.8, 4) is 0 Å². The average Bonchev–Trinajstić information content (AvgIpc) is 2.61. The highest BCUT2D eigenvalue weighted by atomic mass is 35.6. The first kappa shape index (κ1) is 21.8. The lowest BCUT2D eigenvalue weighted by Crippen LogP contribution is -2.55. The first-order chi connectivity index (χ1) is 12.7. The Labute approximate surface area is 182 Å². The van der Waals surface area contributed by atoms with Crippen LogP contribution in [-0.2, 0) is 4.79 Å². The first-order valence-electron chi connectivity index (χ1n) is 7.67. The minimum Gasteiger partial charge on any atom is -0.339 e. The van der Waals surface area contributed by atoms with E-state index < -0.39 is 15.9 Å². The molecule has 2 rings (SSSR count). The molecule has 9 heteroatoms. The van der Waals surface area contributed by atoms with E-state index in [-0.39, 0.29) is 5.11 Å². The van der Waals surface area contributed by atoms with Crippen LogP contribution in [0.25, 0.3) is 6.08 Å². The van der Waals surface area contributed by atoms with Crippen molar-refractivity contribution in [1.29, 1.82) is 0 Å². The van der Waals surface area contributed by atoms with Crippen LogP contribution < -0.4 is 16.0 Å². The molecule has 4 nitrogen and oxygen atoms in total. The largest absolute Gasteiger partial charge is 0.339 e. The minimum atomic E-state index is -1.83. The van der Waals surface area contributed by atoms with E-state index in [0.717, 1.165) is 5.56 Å². The van der Waals surface area contributed by atoms with E-state index >= 15 is 0 Å². The summed E-state index contributed by atoms with van der Waals surface area (Å²) >= 11 is 28.9. The number of nitrogens with one attached hydrogen (secondary N) is 3. The summed E-state index contributed by atoms with van der Waals surface area (Å²) < 4.78 is -1.83. The molecule has 0 bridgehead atoms. The molecule has 0 aromatic heterocycles. The van der Waals surface area contributed by atoms with Crippen LogP contribution in [0, 0.1) is 0 Å². The Balaban J connectivity index is 1.98. The van der Waals surface area contributed by atoms with Gasteiger partial charge in [-0.05, 0) is 48.1 Å². The molecule has 142 valence electrons. The minimum absolute atomic E-state index is 0.168. The zero-order valence-electron chi connectivity index (χ0n) is 13.8. The van der Waals surface area contributed by atoms with Gasteiger partial charge < -0.3 is 16.0 Å². The molecule has 1 atom stereocenters. The zero-order valence-corrected chi connectivity index (χ0v) is 17.6.